The second kappa shape index (κ2) is 4.29. The van der Waals surface area contributed by atoms with Gasteiger partial charge in [-0.1, -0.05) is 13.3 Å². The van der Waals surface area contributed by atoms with Crippen molar-refractivity contribution in [3.8, 4) is 0 Å². The molecule has 1 aliphatic rings. The lowest BCUT2D eigenvalue weighted by Gasteiger charge is -2.10. The maximum absolute atomic E-state index is 12.8. The number of benzene rings is 1. The van der Waals surface area contributed by atoms with Crippen LogP contribution in [0.5, 0.6) is 0 Å². The Bertz CT molecular complexity index is 597. The van der Waals surface area contributed by atoms with Crippen LogP contribution in [0.3, 0.4) is 0 Å². The van der Waals surface area contributed by atoms with Crippen LogP contribution in [-0.4, -0.2) is 4.98 Å². The van der Waals surface area contributed by atoms with E-state index in [2.05, 4.69) is 11.9 Å². The molecule has 0 aliphatic heterocycles. The summed E-state index contributed by atoms with van der Waals surface area (Å²) < 4.78 is 38.3. The first-order chi connectivity index (χ1) is 8.95. The van der Waals surface area contributed by atoms with Crippen LogP contribution in [-0.2, 0) is 6.18 Å². The van der Waals surface area contributed by atoms with Crippen molar-refractivity contribution in [3.05, 3.63) is 35.5 Å². The lowest BCUT2D eigenvalue weighted by molar-refractivity contribution is -0.137. The summed E-state index contributed by atoms with van der Waals surface area (Å²) in [6, 6.07) is 3.95. The number of aromatic nitrogens is 1. The lowest BCUT2D eigenvalue weighted by Crippen LogP contribution is -2.04. The van der Waals surface area contributed by atoms with E-state index in [1.807, 2.05) is 6.20 Å². The van der Waals surface area contributed by atoms with E-state index in [1.54, 1.807) is 0 Å². The van der Waals surface area contributed by atoms with Gasteiger partial charge >= 0.3 is 6.18 Å². The minimum absolute atomic E-state index is 0.396. The lowest BCUT2D eigenvalue weighted by atomic mass is 9.95. The monoisotopic (exact) mass is 267 g/mol. The zero-order valence-corrected chi connectivity index (χ0v) is 10.7. The summed E-state index contributed by atoms with van der Waals surface area (Å²) in [6.45, 7) is 2.20. The third-order valence-corrected chi connectivity index (χ3v) is 4.18. The fourth-order valence-corrected chi connectivity index (χ4v) is 3.15. The number of nitrogens with one attached hydrogen (secondary N) is 1. The maximum atomic E-state index is 12.8. The molecule has 1 nitrogen and oxygen atoms in total. The molecule has 2 aromatic rings. The van der Waals surface area contributed by atoms with E-state index < -0.39 is 11.7 Å². The quantitative estimate of drug-likeness (QED) is 0.740. The molecule has 102 valence electrons. The molecule has 1 heterocycles. The number of hydrogen-bond donors (Lipinski definition) is 1. The van der Waals surface area contributed by atoms with Gasteiger partial charge in [-0.25, -0.2) is 0 Å². The van der Waals surface area contributed by atoms with Crippen LogP contribution in [0, 0.1) is 5.92 Å². The number of rotatable bonds is 1. The number of aromatic amines is 1. The molecule has 1 aromatic carbocycles. The van der Waals surface area contributed by atoms with Gasteiger partial charge in [0.15, 0.2) is 0 Å². The molecule has 2 unspecified atom stereocenters. The molecule has 0 bridgehead atoms. The van der Waals surface area contributed by atoms with Gasteiger partial charge < -0.3 is 4.98 Å². The zero-order valence-electron chi connectivity index (χ0n) is 10.7. The maximum Gasteiger partial charge on any atom is 0.416 e. The van der Waals surface area contributed by atoms with Gasteiger partial charge in [0.25, 0.3) is 0 Å². The van der Waals surface area contributed by atoms with E-state index in [1.165, 1.54) is 12.1 Å². The van der Waals surface area contributed by atoms with Crippen LogP contribution < -0.4 is 0 Å². The van der Waals surface area contributed by atoms with Gasteiger partial charge in [-0.05, 0) is 48.4 Å². The van der Waals surface area contributed by atoms with Crippen LogP contribution in [0.15, 0.2) is 24.4 Å². The summed E-state index contributed by atoms with van der Waals surface area (Å²) in [5.74, 6) is 1.06. The number of halogens is 3. The van der Waals surface area contributed by atoms with E-state index in [0.29, 0.717) is 11.8 Å². The van der Waals surface area contributed by atoms with Crippen LogP contribution in [0.2, 0.25) is 0 Å². The first kappa shape index (κ1) is 12.6. The molecule has 1 saturated carbocycles. The van der Waals surface area contributed by atoms with Gasteiger partial charge in [0.2, 0.25) is 0 Å². The highest BCUT2D eigenvalue weighted by Crippen LogP contribution is 2.41. The van der Waals surface area contributed by atoms with Crippen molar-refractivity contribution in [1.82, 2.24) is 4.98 Å². The van der Waals surface area contributed by atoms with Crippen LogP contribution >= 0.6 is 0 Å². The Morgan fingerprint density at radius 1 is 1.21 bits per heavy atom. The van der Waals surface area contributed by atoms with E-state index in [-0.39, 0.29) is 0 Å². The minimum Gasteiger partial charge on any atom is -0.361 e. The average molecular weight is 267 g/mol. The molecule has 0 saturated heterocycles. The van der Waals surface area contributed by atoms with Gasteiger partial charge in [-0.15, -0.1) is 0 Å². The molecule has 1 fully saturated rings. The largest absolute Gasteiger partial charge is 0.416 e. The second-order valence-electron chi connectivity index (χ2n) is 5.62. The Hall–Kier alpha value is -1.45. The van der Waals surface area contributed by atoms with Crippen molar-refractivity contribution in [2.45, 2.75) is 38.3 Å². The average Bonchev–Trinajstić information content (AvgIpc) is 2.92. The molecule has 0 radical (unpaired) electrons. The fourth-order valence-electron chi connectivity index (χ4n) is 3.15. The molecule has 3 rings (SSSR count). The molecule has 2 atom stereocenters. The molecule has 1 aliphatic carbocycles. The fraction of sp³-hybridized carbons (Fsp3) is 0.467. The summed E-state index contributed by atoms with van der Waals surface area (Å²) in [5.41, 5.74) is 1.28. The SMILES string of the molecule is CC1CCC(c2c[nH]c3ccc(C(F)(F)F)cc23)C1. The highest BCUT2D eigenvalue weighted by molar-refractivity contribution is 5.84. The standard InChI is InChI=1S/C15H16F3N/c1-9-2-3-10(6-9)13-8-19-14-5-4-11(7-12(13)14)15(16,17)18/h4-5,7-10,19H,2-3,6H2,1H3. The first-order valence-electron chi connectivity index (χ1n) is 6.63. The zero-order chi connectivity index (χ0) is 13.6. The van der Waals surface area contributed by atoms with Crippen molar-refractivity contribution in [2.24, 2.45) is 5.92 Å². The highest BCUT2D eigenvalue weighted by Gasteiger charge is 2.31. The molecule has 0 spiro atoms. The van der Waals surface area contributed by atoms with E-state index in [4.69, 9.17) is 0 Å². The predicted octanol–water partition coefficient (Wildman–Crippen LogP) is 5.09. The van der Waals surface area contributed by atoms with Gasteiger partial charge in [-0.2, -0.15) is 13.2 Å². The van der Waals surface area contributed by atoms with E-state index in [0.717, 1.165) is 41.8 Å². The molecule has 1 N–H and O–H groups in total. The van der Waals surface area contributed by atoms with Crippen molar-refractivity contribution < 1.29 is 13.2 Å². The summed E-state index contributed by atoms with van der Waals surface area (Å²) in [5, 5.41) is 0.730. The Balaban J connectivity index is 2.06. The summed E-state index contributed by atoms with van der Waals surface area (Å²) >= 11 is 0. The van der Waals surface area contributed by atoms with Crippen LogP contribution in [0.25, 0.3) is 10.9 Å². The number of H-pyrrole nitrogens is 1. The minimum atomic E-state index is -4.27. The first-order valence-corrected chi connectivity index (χ1v) is 6.63. The van der Waals surface area contributed by atoms with E-state index in [9.17, 15) is 13.2 Å². The number of hydrogen-bond acceptors (Lipinski definition) is 0. The van der Waals surface area contributed by atoms with Crippen molar-refractivity contribution in [3.63, 3.8) is 0 Å². The van der Waals surface area contributed by atoms with Gasteiger partial charge in [-0.3, -0.25) is 0 Å². The summed E-state index contributed by atoms with van der Waals surface area (Å²) in [7, 11) is 0. The van der Waals surface area contributed by atoms with Gasteiger partial charge in [0.05, 0.1) is 5.56 Å². The Kier molecular flexibility index (Phi) is 2.84. The molecular weight excluding hydrogens is 251 g/mol. The molecule has 19 heavy (non-hydrogen) atoms. The van der Waals surface area contributed by atoms with Crippen LogP contribution in [0.1, 0.15) is 43.2 Å². The highest BCUT2D eigenvalue weighted by atomic mass is 19.4. The smallest absolute Gasteiger partial charge is 0.361 e. The molecular formula is C15H16F3N. The van der Waals surface area contributed by atoms with Gasteiger partial charge in [0, 0.05) is 17.1 Å². The van der Waals surface area contributed by atoms with Gasteiger partial charge in [0.1, 0.15) is 0 Å². The second-order valence-corrected chi connectivity index (χ2v) is 5.62. The van der Waals surface area contributed by atoms with Crippen molar-refractivity contribution >= 4 is 10.9 Å². The van der Waals surface area contributed by atoms with Crippen LogP contribution in [0.4, 0.5) is 13.2 Å². The molecule has 1 aromatic heterocycles. The predicted molar refractivity (Wildman–Crippen MR) is 69.1 cm³/mol. The number of alkyl halides is 3. The summed E-state index contributed by atoms with van der Waals surface area (Å²) in [6.07, 6.45) is 0.920. The number of fused-ring (bicyclic) bond motifs is 1. The Morgan fingerprint density at radius 2 is 2.00 bits per heavy atom. The Labute approximate surface area is 109 Å². The summed E-state index contributed by atoms with van der Waals surface area (Å²) in [4.78, 5) is 3.09. The molecule has 4 heteroatoms. The van der Waals surface area contributed by atoms with Crippen molar-refractivity contribution in [1.29, 1.82) is 0 Å². The topological polar surface area (TPSA) is 15.8 Å². The van der Waals surface area contributed by atoms with Crippen molar-refractivity contribution in [2.75, 3.05) is 0 Å². The normalized spacial score (nSPS) is 24.2. The third-order valence-electron chi connectivity index (χ3n) is 4.18. The molecule has 0 amide bonds. The van der Waals surface area contributed by atoms with E-state index >= 15 is 0 Å². The third kappa shape index (κ3) is 2.24. The Morgan fingerprint density at radius 3 is 2.63 bits per heavy atom.